The molecule has 0 N–H and O–H groups in total. The minimum absolute atomic E-state index is 0.207. The maximum atomic E-state index is 10.8. The Labute approximate surface area is 80.3 Å². The zero-order valence-corrected chi connectivity index (χ0v) is 8.46. The largest absolute Gasteiger partial charge is 0.302 e. The Balaban J connectivity index is 2.04. The van der Waals surface area contributed by atoms with Crippen molar-refractivity contribution in [2.24, 2.45) is 5.41 Å². The lowest BCUT2D eigenvalue weighted by atomic mass is 9.73. The summed E-state index contributed by atoms with van der Waals surface area (Å²) < 4.78 is 0. The van der Waals surface area contributed by atoms with Gasteiger partial charge in [-0.05, 0) is 31.7 Å². The van der Waals surface area contributed by atoms with Crippen molar-refractivity contribution in [2.75, 3.05) is 13.6 Å². The van der Waals surface area contributed by atoms with Gasteiger partial charge in [0.25, 0.3) is 0 Å². The molecule has 1 saturated carbocycles. The molecule has 2 rings (SSSR count). The highest BCUT2D eigenvalue weighted by molar-refractivity contribution is 5.58. The van der Waals surface area contributed by atoms with Gasteiger partial charge in [0.1, 0.15) is 6.29 Å². The molecule has 0 bridgehead atoms. The molecule has 2 aliphatic rings. The van der Waals surface area contributed by atoms with E-state index in [9.17, 15) is 4.79 Å². The van der Waals surface area contributed by atoms with Gasteiger partial charge in [0.05, 0.1) is 6.04 Å². The summed E-state index contributed by atoms with van der Waals surface area (Å²) in [6.07, 6.45) is 9.09. The first-order valence-electron chi connectivity index (χ1n) is 5.41. The van der Waals surface area contributed by atoms with E-state index in [0.29, 0.717) is 5.41 Å². The summed E-state index contributed by atoms with van der Waals surface area (Å²) in [5.41, 5.74) is 0.512. The summed E-state index contributed by atoms with van der Waals surface area (Å²) in [5, 5.41) is 0. The molecule has 0 aromatic carbocycles. The van der Waals surface area contributed by atoms with Gasteiger partial charge in [0.2, 0.25) is 0 Å². The molecule has 1 heterocycles. The fourth-order valence-electron chi connectivity index (χ4n) is 3.13. The van der Waals surface area contributed by atoms with Gasteiger partial charge in [0, 0.05) is 6.54 Å². The van der Waals surface area contributed by atoms with Crippen LogP contribution in [0.1, 0.15) is 38.5 Å². The maximum absolute atomic E-state index is 10.8. The molecule has 0 aromatic heterocycles. The summed E-state index contributed by atoms with van der Waals surface area (Å²) in [4.78, 5) is 13.0. The third-order valence-electron chi connectivity index (χ3n) is 3.86. The lowest BCUT2D eigenvalue weighted by molar-refractivity contribution is -0.111. The SMILES string of the molecule is CN1CC2(CCCCC2)CC1C=O. The number of carbonyl (C=O) groups excluding carboxylic acids is 1. The van der Waals surface area contributed by atoms with Gasteiger partial charge in [-0.1, -0.05) is 19.3 Å². The molecule has 1 atom stereocenters. The number of carbonyl (C=O) groups is 1. The zero-order valence-electron chi connectivity index (χ0n) is 8.46. The van der Waals surface area contributed by atoms with E-state index in [4.69, 9.17) is 0 Å². The van der Waals surface area contributed by atoms with Crippen LogP contribution in [0, 0.1) is 5.41 Å². The number of rotatable bonds is 1. The van der Waals surface area contributed by atoms with Crippen LogP contribution in [0.5, 0.6) is 0 Å². The molecule has 1 aliphatic heterocycles. The summed E-state index contributed by atoms with van der Waals surface area (Å²) in [6.45, 7) is 1.15. The van der Waals surface area contributed by atoms with E-state index in [1.807, 2.05) is 0 Å². The van der Waals surface area contributed by atoms with Gasteiger partial charge in [-0.15, -0.1) is 0 Å². The first kappa shape index (κ1) is 9.20. The topological polar surface area (TPSA) is 20.3 Å². The van der Waals surface area contributed by atoms with Crippen LogP contribution in [0.2, 0.25) is 0 Å². The van der Waals surface area contributed by atoms with E-state index in [-0.39, 0.29) is 6.04 Å². The van der Waals surface area contributed by atoms with Crippen molar-refractivity contribution in [1.29, 1.82) is 0 Å². The Bertz CT molecular complexity index is 196. The number of likely N-dealkylation sites (tertiary alicyclic amines) is 1. The van der Waals surface area contributed by atoms with Gasteiger partial charge in [-0.25, -0.2) is 0 Å². The van der Waals surface area contributed by atoms with Crippen molar-refractivity contribution in [3.05, 3.63) is 0 Å². The van der Waals surface area contributed by atoms with E-state index in [0.717, 1.165) is 19.3 Å². The first-order chi connectivity index (χ1) is 6.26. The van der Waals surface area contributed by atoms with E-state index < -0.39 is 0 Å². The minimum atomic E-state index is 0.207. The maximum Gasteiger partial charge on any atom is 0.137 e. The summed E-state index contributed by atoms with van der Waals surface area (Å²) in [6, 6.07) is 0.207. The van der Waals surface area contributed by atoms with Gasteiger partial charge in [0.15, 0.2) is 0 Å². The molecule has 2 fully saturated rings. The number of aldehydes is 1. The quantitative estimate of drug-likeness (QED) is 0.575. The van der Waals surface area contributed by atoms with Crippen LogP contribution in [0.3, 0.4) is 0 Å². The Kier molecular flexibility index (Phi) is 2.41. The lowest BCUT2D eigenvalue weighted by Gasteiger charge is -2.32. The van der Waals surface area contributed by atoms with Crippen molar-refractivity contribution in [3.63, 3.8) is 0 Å². The van der Waals surface area contributed by atoms with Crippen molar-refractivity contribution >= 4 is 6.29 Å². The smallest absolute Gasteiger partial charge is 0.137 e. The van der Waals surface area contributed by atoms with Gasteiger partial charge >= 0.3 is 0 Å². The Hall–Kier alpha value is -0.370. The van der Waals surface area contributed by atoms with Crippen LogP contribution in [0.4, 0.5) is 0 Å². The molecule has 2 nitrogen and oxygen atoms in total. The highest BCUT2D eigenvalue weighted by Gasteiger charge is 2.42. The molecule has 0 aromatic rings. The molecule has 0 amide bonds. The molecule has 1 spiro atoms. The second kappa shape index (κ2) is 3.41. The third kappa shape index (κ3) is 1.64. The van der Waals surface area contributed by atoms with Crippen molar-refractivity contribution < 1.29 is 4.79 Å². The molecule has 74 valence electrons. The minimum Gasteiger partial charge on any atom is -0.302 e. The number of hydrogen-bond acceptors (Lipinski definition) is 2. The average Bonchev–Trinajstić information content (AvgIpc) is 2.44. The van der Waals surface area contributed by atoms with Crippen LogP contribution in [-0.2, 0) is 4.79 Å². The Morgan fingerprint density at radius 1 is 1.31 bits per heavy atom. The van der Waals surface area contributed by atoms with Crippen molar-refractivity contribution in [1.82, 2.24) is 4.90 Å². The van der Waals surface area contributed by atoms with Gasteiger partial charge in [-0.2, -0.15) is 0 Å². The normalized spacial score (nSPS) is 33.8. The van der Waals surface area contributed by atoms with Gasteiger partial charge in [-0.3, -0.25) is 4.90 Å². The second-order valence-electron chi connectivity index (χ2n) is 4.88. The fraction of sp³-hybridized carbons (Fsp3) is 0.909. The highest BCUT2D eigenvalue weighted by Crippen LogP contribution is 2.45. The summed E-state index contributed by atoms with van der Waals surface area (Å²) in [5.74, 6) is 0. The predicted molar refractivity (Wildman–Crippen MR) is 52.6 cm³/mol. The standard InChI is InChI=1S/C11H19NO/c1-12-9-11(7-10(12)8-13)5-3-2-4-6-11/h8,10H,2-7,9H2,1H3. The average molecular weight is 181 g/mol. The van der Waals surface area contributed by atoms with E-state index >= 15 is 0 Å². The predicted octanol–water partition coefficient (Wildman–Crippen LogP) is 1.84. The first-order valence-corrected chi connectivity index (χ1v) is 5.41. The van der Waals surface area contributed by atoms with Crippen LogP contribution >= 0.6 is 0 Å². The summed E-state index contributed by atoms with van der Waals surface area (Å²) in [7, 11) is 2.09. The molecule has 1 aliphatic carbocycles. The van der Waals surface area contributed by atoms with Gasteiger partial charge < -0.3 is 4.79 Å². The molecular formula is C11H19NO. The van der Waals surface area contributed by atoms with Crippen LogP contribution < -0.4 is 0 Å². The van der Waals surface area contributed by atoms with Crippen LogP contribution in [-0.4, -0.2) is 30.8 Å². The van der Waals surface area contributed by atoms with Crippen molar-refractivity contribution in [3.8, 4) is 0 Å². The molecular weight excluding hydrogens is 162 g/mol. The summed E-state index contributed by atoms with van der Waals surface area (Å²) >= 11 is 0. The monoisotopic (exact) mass is 181 g/mol. The molecule has 13 heavy (non-hydrogen) atoms. The third-order valence-corrected chi connectivity index (χ3v) is 3.86. The van der Waals surface area contributed by atoms with E-state index in [1.54, 1.807) is 0 Å². The Morgan fingerprint density at radius 2 is 2.00 bits per heavy atom. The molecule has 1 unspecified atom stereocenters. The molecule has 0 radical (unpaired) electrons. The fourth-order valence-corrected chi connectivity index (χ4v) is 3.13. The van der Waals surface area contributed by atoms with Crippen molar-refractivity contribution in [2.45, 2.75) is 44.6 Å². The van der Waals surface area contributed by atoms with Crippen LogP contribution in [0.15, 0.2) is 0 Å². The zero-order chi connectivity index (χ0) is 9.31. The Morgan fingerprint density at radius 3 is 2.54 bits per heavy atom. The molecule has 2 heteroatoms. The number of hydrogen-bond donors (Lipinski definition) is 0. The number of nitrogens with zero attached hydrogens (tertiary/aromatic N) is 1. The second-order valence-corrected chi connectivity index (χ2v) is 4.88. The van der Waals surface area contributed by atoms with E-state index in [2.05, 4.69) is 11.9 Å². The number of likely N-dealkylation sites (N-methyl/N-ethyl adjacent to an activating group) is 1. The lowest BCUT2D eigenvalue weighted by Crippen LogP contribution is -2.28. The highest BCUT2D eigenvalue weighted by atomic mass is 16.1. The van der Waals surface area contributed by atoms with E-state index in [1.165, 1.54) is 32.1 Å². The van der Waals surface area contributed by atoms with Crippen LogP contribution in [0.25, 0.3) is 0 Å². The molecule has 1 saturated heterocycles.